The van der Waals surface area contributed by atoms with Crippen LogP contribution in [0, 0.1) is 0 Å². The highest BCUT2D eigenvalue weighted by Gasteiger charge is 2.14. The van der Waals surface area contributed by atoms with Crippen LogP contribution in [0.5, 0.6) is 5.75 Å². The molecule has 0 aliphatic carbocycles. The number of hydrazine groups is 1. The number of benzene rings is 1. The van der Waals surface area contributed by atoms with E-state index in [0.717, 1.165) is 30.8 Å². The van der Waals surface area contributed by atoms with E-state index in [4.69, 9.17) is 20.1 Å². The molecule has 108 valence electrons. The fraction of sp³-hybridized carbons (Fsp3) is 0.571. The summed E-state index contributed by atoms with van der Waals surface area (Å²) in [5.74, 6) is 6.49. The van der Waals surface area contributed by atoms with Gasteiger partial charge in [-0.2, -0.15) is 0 Å². The minimum Gasteiger partial charge on any atom is -0.491 e. The van der Waals surface area contributed by atoms with Crippen molar-refractivity contribution in [3.63, 3.8) is 0 Å². The maximum atomic E-state index is 5.71. The Balaban J connectivity index is 2.66. The lowest BCUT2D eigenvalue weighted by atomic mass is 10.0. The van der Waals surface area contributed by atoms with E-state index in [1.807, 2.05) is 24.3 Å². The Kier molecular flexibility index (Phi) is 8.16. The molecule has 0 amide bonds. The molecule has 1 aromatic carbocycles. The molecule has 19 heavy (non-hydrogen) atoms. The molecule has 0 radical (unpaired) electrons. The first-order valence-corrected chi connectivity index (χ1v) is 6.49. The maximum absolute atomic E-state index is 5.71. The Labute approximate surface area is 115 Å². The molecule has 1 unspecified atom stereocenters. The number of para-hydroxylation sites is 1. The highest BCUT2D eigenvalue weighted by atomic mass is 16.5. The zero-order valence-electron chi connectivity index (χ0n) is 11.7. The lowest BCUT2D eigenvalue weighted by Crippen LogP contribution is -2.28. The summed E-state index contributed by atoms with van der Waals surface area (Å²) < 4.78 is 15.8. The quantitative estimate of drug-likeness (QED) is 0.384. The van der Waals surface area contributed by atoms with Crippen molar-refractivity contribution >= 4 is 0 Å². The van der Waals surface area contributed by atoms with Crippen LogP contribution in [0.25, 0.3) is 0 Å². The molecule has 5 heteroatoms. The second kappa shape index (κ2) is 9.75. The molecule has 0 aliphatic heterocycles. The topological polar surface area (TPSA) is 65.7 Å². The highest BCUT2D eigenvalue weighted by Crippen LogP contribution is 2.27. The molecular formula is C14H24N2O3. The largest absolute Gasteiger partial charge is 0.491 e. The second-order valence-electron chi connectivity index (χ2n) is 4.23. The number of methoxy groups -OCH3 is 2. The molecular weight excluding hydrogens is 244 g/mol. The third-order valence-corrected chi connectivity index (χ3v) is 2.88. The molecule has 0 aromatic heterocycles. The van der Waals surface area contributed by atoms with E-state index in [9.17, 15) is 0 Å². The molecule has 0 fully saturated rings. The Hall–Kier alpha value is -1.14. The second-order valence-corrected chi connectivity index (χ2v) is 4.23. The van der Waals surface area contributed by atoms with Crippen molar-refractivity contribution in [3.05, 3.63) is 29.8 Å². The summed E-state index contributed by atoms with van der Waals surface area (Å²) in [6.45, 7) is 1.83. The molecule has 5 nitrogen and oxygen atoms in total. The van der Waals surface area contributed by atoms with Crippen LogP contribution in [0.1, 0.15) is 24.4 Å². The molecule has 1 atom stereocenters. The maximum Gasteiger partial charge on any atom is 0.124 e. The summed E-state index contributed by atoms with van der Waals surface area (Å²) in [7, 11) is 3.36. The number of hydrogen-bond acceptors (Lipinski definition) is 5. The highest BCUT2D eigenvalue weighted by molar-refractivity contribution is 5.35. The molecule has 0 aliphatic rings. The molecule has 1 aromatic rings. The standard InChI is InChI=1S/C14H24N2O3/c1-17-9-5-7-13(16-15)12-6-3-4-8-14(12)19-11-10-18-2/h3-4,6,8,13,16H,5,7,9-11,15H2,1-2H3. The van der Waals surface area contributed by atoms with Crippen molar-refractivity contribution in [2.45, 2.75) is 18.9 Å². The van der Waals surface area contributed by atoms with Gasteiger partial charge >= 0.3 is 0 Å². The van der Waals surface area contributed by atoms with E-state index < -0.39 is 0 Å². The van der Waals surface area contributed by atoms with Crippen LogP contribution in [0.3, 0.4) is 0 Å². The van der Waals surface area contributed by atoms with Gasteiger partial charge in [-0.1, -0.05) is 18.2 Å². The van der Waals surface area contributed by atoms with E-state index in [2.05, 4.69) is 5.43 Å². The van der Waals surface area contributed by atoms with E-state index >= 15 is 0 Å². The fourth-order valence-electron chi connectivity index (χ4n) is 1.90. The number of rotatable bonds is 10. The van der Waals surface area contributed by atoms with Gasteiger partial charge in [-0.3, -0.25) is 11.3 Å². The van der Waals surface area contributed by atoms with Crippen LogP contribution in [-0.2, 0) is 9.47 Å². The van der Waals surface area contributed by atoms with Crippen LogP contribution < -0.4 is 16.0 Å². The van der Waals surface area contributed by atoms with E-state index in [1.165, 1.54) is 0 Å². The van der Waals surface area contributed by atoms with Crippen LogP contribution in [0.2, 0.25) is 0 Å². The van der Waals surface area contributed by atoms with Crippen molar-refractivity contribution < 1.29 is 14.2 Å². The third kappa shape index (κ3) is 5.57. The van der Waals surface area contributed by atoms with Gasteiger partial charge < -0.3 is 14.2 Å². The molecule has 3 N–H and O–H groups in total. The van der Waals surface area contributed by atoms with Crippen molar-refractivity contribution in [2.75, 3.05) is 34.0 Å². The Morgan fingerprint density at radius 1 is 1.11 bits per heavy atom. The summed E-state index contributed by atoms with van der Waals surface area (Å²) in [5, 5.41) is 0. The molecule has 1 rings (SSSR count). The van der Waals surface area contributed by atoms with Gasteiger partial charge in [0.2, 0.25) is 0 Å². The zero-order chi connectivity index (χ0) is 13.9. The Morgan fingerprint density at radius 2 is 1.84 bits per heavy atom. The lowest BCUT2D eigenvalue weighted by molar-refractivity contribution is 0.145. The van der Waals surface area contributed by atoms with Gasteiger partial charge in [0.25, 0.3) is 0 Å². The van der Waals surface area contributed by atoms with Crippen molar-refractivity contribution in [1.82, 2.24) is 5.43 Å². The van der Waals surface area contributed by atoms with Crippen LogP contribution >= 0.6 is 0 Å². The number of nitrogens with two attached hydrogens (primary N) is 1. The first kappa shape index (κ1) is 15.9. The fourth-order valence-corrected chi connectivity index (χ4v) is 1.90. The monoisotopic (exact) mass is 268 g/mol. The SMILES string of the molecule is COCCCC(NN)c1ccccc1OCCOC. The lowest BCUT2D eigenvalue weighted by Gasteiger charge is -2.19. The summed E-state index contributed by atoms with van der Waals surface area (Å²) in [6, 6.07) is 7.98. The number of nitrogens with one attached hydrogen (secondary N) is 1. The first-order valence-electron chi connectivity index (χ1n) is 6.49. The Morgan fingerprint density at radius 3 is 2.53 bits per heavy atom. The summed E-state index contributed by atoms with van der Waals surface area (Å²) in [4.78, 5) is 0. The number of ether oxygens (including phenoxy) is 3. The zero-order valence-corrected chi connectivity index (χ0v) is 11.7. The summed E-state index contributed by atoms with van der Waals surface area (Å²) in [6.07, 6.45) is 1.84. The van der Waals surface area contributed by atoms with Crippen LogP contribution in [-0.4, -0.2) is 34.0 Å². The van der Waals surface area contributed by atoms with Gasteiger partial charge in [-0.25, -0.2) is 0 Å². The van der Waals surface area contributed by atoms with Gasteiger partial charge in [0.15, 0.2) is 0 Å². The molecule has 0 saturated carbocycles. The normalized spacial score (nSPS) is 12.4. The van der Waals surface area contributed by atoms with E-state index in [1.54, 1.807) is 14.2 Å². The predicted octanol–water partition coefficient (Wildman–Crippen LogP) is 1.64. The summed E-state index contributed by atoms with van der Waals surface area (Å²) >= 11 is 0. The molecule has 0 bridgehead atoms. The minimum atomic E-state index is 0.0638. The molecule has 0 spiro atoms. The van der Waals surface area contributed by atoms with Crippen LogP contribution in [0.15, 0.2) is 24.3 Å². The average Bonchev–Trinajstić information content (AvgIpc) is 2.45. The van der Waals surface area contributed by atoms with Gasteiger partial charge in [0, 0.05) is 32.4 Å². The van der Waals surface area contributed by atoms with Crippen molar-refractivity contribution in [3.8, 4) is 5.75 Å². The number of hydrogen-bond donors (Lipinski definition) is 2. The molecule has 0 saturated heterocycles. The third-order valence-electron chi connectivity index (χ3n) is 2.88. The van der Waals surface area contributed by atoms with Gasteiger partial charge in [0.05, 0.1) is 6.61 Å². The van der Waals surface area contributed by atoms with Gasteiger partial charge in [-0.15, -0.1) is 0 Å². The van der Waals surface area contributed by atoms with E-state index in [-0.39, 0.29) is 6.04 Å². The van der Waals surface area contributed by atoms with E-state index in [0.29, 0.717) is 13.2 Å². The van der Waals surface area contributed by atoms with Crippen molar-refractivity contribution in [1.29, 1.82) is 0 Å². The molecule has 0 heterocycles. The van der Waals surface area contributed by atoms with Crippen LogP contribution in [0.4, 0.5) is 0 Å². The minimum absolute atomic E-state index is 0.0638. The average molecular weight is 268 g/mol. The Bertz CT molecular complexity index is 347. The summed E-state index contributed by atoms with van der Waals surface area (Å²) in [5.41, 5.74) is 3.91. The van der Waals surface area contributed by atoms with Crippen molar-refractivity contribution in [2.24, 2.45) is 5.84 Å². The predicted molar refractivity (Wildman–Crippen MR) is 75.0 cm³/mol. The van der Waals surface area contributed by atoms with Gasteiger partial charge in [-0.05, 0) is 18.9 Å². The smallest absolute Gasteiger partial charge is 0.124 e. The van der Waals surface area contributed by atoms with Gasteiger partial charge in [0.1, 0.15) is 12.4 Å². The first-order chi connectivity index (χ1) is 9.33.